The average Bonchev–Trinajstić information content (AvgIpc) is 3.59. The molecule has 5 aromatic rings. The van der Waals surface area contributed by atoms with Gasteiger partial charge in [-0.2, -0.15) is 4.98 Å². The van der Waals surface area contributed by atoms with Crippen LogP contribution in [0.1, 0.15) is 47.3 Å². The van der Waals surface area contributed by atoms with Gasteiger partial charge in [0.2, 0.25) is 11.9 Å². The van der Waals surface area contributed by atoms with E-state index >= 15 is 0 Å². The van der Waals surface area contributed by atoms with Crippen molar-refractivity contribution in [3.05, 3.63) is 83.7 Å². The predicted octanol–water partition coefficient (Wildman–Crippen LogP) is 5.04. The van der Waals surface area contributed by atoms with Gasteiger partial charge in [-0.05, 0) is 67.6 Å². The van der Waals surface area contributed by atoms with Crippen LogP contribution < -0.4 is 10.6 Å². The summed E-state index contributed by atoms with van der Waals surface area (Å²) >= 11 is 0. The lowest BCUT2D eigenvalue weighted by atomic mass is 10.0. The second kappa shape index (κ2) is 8.89. The van der Waals surface area contributed by atoms with E-state index in [0.29, 0.717) is 17.2 Å². The van der Waals surface area contributed by atoms with Gasteiger partial charge in [-0.25, -0.2) is 4.52 Å². The summed E-state index contributed by atoms with van der Waals surface area (Å²) in [6, 6.07) is 18.1. The molecule has 0 spiro atoms. The summed E-state index contributed by atoms with van der Waals surface area (Å²) in [6.45, 7) is 4.04. The molecule has 3 aromatic heterocycles. The third kappa shape index (κ3) is 4.46. The fourth-order valence-electron chi connectivity index (χ4n) is 4.64. The highest BCUT2D eigenvalue weighted by Crippen LogP contribution is 2.31. The molecule has 0 unspecified atom stereocenters. The van der Waals surface area contributed by atoms with Crippen molar-refractivity contribution in [2.45, 2.75) is 32.7 Å². The summed E-state index contributed by atoms with van der Waals surface area (Å²) < 4.78 is 3.62. The van der Waals surface area contributed by atoms with Crippen molar-refractivity contribution < 1.29 is 9.59 Å². The minimum absolute atomic E-state index is 0.0202. The van der Waals surface area contributed by atoms with Crippen molar-refractivity contribution in [1.29, 1.82) is 0 Å². The number of pyridine rings is 1. The van der Waals surface area contributed by atoms with E-state index in [2.05, 4.69) is 32.8 Å². The van der Waals surface area contributed by atoms with Gasteiger partial charge in [-0.15, -0.1) is 5.10 Å². The molecule has 2 amide bonds. The third-order valence-electron chi connectivity index (χ3n) is 7.01. The molecule has 186 valence electrons. The molecule has 1 atom stereocenters. The van der Waals surface area contributed by atoms with Crippen LogP contribution in [0.3, 0.4) is 0 Å². The standard InChI is InChI=1S/C29H28N6O2/c1-17-4-6-19(7-5-17)18(2)30-28(37)24-16-34(3)25-11-10-21(14-23(24)25)22-12-13-35-26(15-22)31-29(33-35)32-27(36)20-8-9-20/h4-7,10-16,18,20H,8-9H2,1-3H3,(H,30,37)(H,32,33,36)/t18-/m0/s1. The predicted molar refractivity (Wildman–Crippen MR) is 143 cm³/mol. The van der Waals surface area contributed by atoms with E-state index in [1.165, 1.54) is 5.56 Å². The number of nitrogens with one attached hydrogen (secondary N) is 2. The first-order chi connectivity index (χ1) is 17.9. The van der Waals surface area contributed by atoms with Crippen molar-refractivity contribution in [2.75, 3.05) is 5.32 Å². The molecule has 8 nitrogen and oxygen atoms in total. The van der Waals surface area contributed by atoms with E-state index in [4.69, 9.17) is 0 Å². The summed E-state index contributed by atoms with van der Waals surface area (Å²) in [5, 5.41) is 11.2. The van der Waals surface area contributed by atoms with Gasteiger partial charge in [-0.1, -0.05) is 35.9 Å². The molecular weight excluding hydrogens is 464 g/mol. The summed E-state index contributed by atoms with van der Waals surface area (Å²) in [5.74, 6) is 0.271. The number of aromatic nitrogens is 4. The number of fused-ring (bicyclic) bond motifs is 2. The van der Waals surface area contributed by atoms with Crippen LogP contribution in [0.15, 0.2) is 67.0 Å². The van der Waals surface area contributed by atoms with E-state index in [1.54, 1.807) is 4.52 Å². The van der Waals surface area contributed by atoms with E-state index in [0.717, 1.165) is 40.4 Å². The lowest BCUT2D eigenvalue weighted by Crippen LogP contribution is -2.26. The van der Waals surface area contributed by atoms with Crippen LogP contribution in [0.2, 0.25) is 0 Å². The Balaban J connectivity index is 1.29. The molecule has 37 heavy (non-hydrogen) atoms. The second-order valence-electron chi connectivity index (χ2n) is 9.91. The summed E-state index contributed by atoms with van der Waals surface area (Å²) in [6.07, 6.45) is 5.56. The van der Waals surface area contributed by atoms with Gasteiger partial charge < -0.3 is 9.88 Å². The number of nitrogens with zero attached hydrogens (tertiary/aromatic N) is 4. The van der Waals surface area contributed by atoms with Crippen LogP contribution >= 0.6 is 0 Å². The van der Waals surface area contributed by atoms with Gasteiger partial charge >= 0.3 is 0 Å². The number of hydrogen-bond donors (Lipinski definition) is 2. The molecule has 1 fully saturated rings. The Morgan fingerprint density at radius 2 is 1.78 bits per heavy atom. The minimum Gasteiger partial charge on any atom is -0.350 e. The van der Waals surface area contributed by atoms with Gasteiger partial charge in [0, 0.05) is 36.3 Å². The smallest absolute Gasteiger partial charge is 0.253 e. The number of rotatable bonds is 6. The van der Waals surface area contributed by atoms with E-state index in [1.807, 2.05) is 80.3 Å². The second-order valence-corrected chi connectivity index (χ2v) is 9.91. The first-order valence-corrected chi connectivity index (χ1v) is 12.5. The Labute approximate surface area is 214 Å². The molecule has 2 N–H and O–H groups in total. The zero-order valence-electron chi connectivity index (χ0n) is 21.0. The zero-order valence-corrected chi connectivity index (χ0v) is 21.0. The molecule has 2 aromatic carbocycles. The molecule has 0 aliphatic heterocycles. The number of carbonyl (C=O) groups excluding carboxylic acids is 2. The molecule has 1 saturated carbocycles. The molecule has 0 bridgehead atoms. The highest BCUT2D eigenvalue weighted by molar-refractivity contribution is 6.08. The maximum Gasteiger partial charge on any atom is 0.253 e. The van der Waals surface area contributed by atoms with Gasteiger partial charge in [0.1, 0.15) is 0 Å². The quantitative estimate of drug-likeness (QED) is 0.347. The number of carbonyl (C=O) groups is 2. The molecule has 6 rings (SSSR count). The molecular formula is C29H28N6O2. The SMILES string of the molecule is Cc1ccc([C@H](C)NC(=O)c2cn(C)c3ccc(-c4ccn5nc(NC(=O)C6CC6)nc5c4)cc23)cc1. The van der Waals surface area contributed by atoms with Crippen molar-refractivity contribution in [3.8, 4) is 11.1 Å². The van der Waals surface area contributed by atoms with Crippen molar-refractivity contribution in [1.82, 2.24) is 24.5 Å². The summed E-state index contributed by atoms with van der Waals surface area (Å²) in [4.78, 5) is 29.9. The minimum atomic E-state index is -0.114. The van der Waals surface area contributed by atoms with E-state index in [-0.39, 0.29) is 23.8 Å². The zero-order chi connectivity index (χ0) is 25.7. The maximum atomic E-state index is 13.3. The monoisotopic (exact) mass is 492 g/mol. The molecule has 0 saturated heterocycles. The van der Waals surface area contributed by atoms with E-state index < -0.39 is 0 Å². The lowest BCUT2D eigenvalue weighted by Gasteiger charge is -2.14. The van der Waals surface area contributed by atoms with Crippen LogP contribution in [0.4, 0.5) is 5.95 Å². The Hall–Kier alpha value is -4.46. The molecule has 3 heterocycles. The Morgan fingerprint density at radius 1 is 1.03 bits per heavy atom. The van der Waals surface area contributed by atoms with Crippen LogP contribution in [0.5, 0.6) is 0 Å². The third-order valence-corrected chi connectivity index (χ3v) is 7.01. The van der Waals surface area contributed by atoms with Crippen molar-refractivity contribution in [3.63, 3.8) is 0 Å². The first kappa shape index (κ1) is 23.0. The number of amides is 2. The number of benzene rings is 2. The number of hydrogen-bond acceptors (Lipinski definition) is 4. The lowest BCUT2D eigenvalue weighted by molar-refractivity contribution is -0.117. The first-order valence-electron chi connectivity index (χ1n) is 12.5. The Morgan fingerprint density at radius 3 is 2.54 bits per heavy atom. The molecule has 0 radical (unpaired) electrons. The van der Waals surface area contributed by atoms with Gasteiger partial charge in [0.05, 0.1) is 11.6 Å². The number of anilines is 1. The Bertz CT molecular complexity index is 1660. The van der Waals surface area contributed by atoms with Crippen LogP contribution in [0.25, 0.3) is 27.7 Å². The van der Waals surface area contributed by atoms with E-state index in [9.17, 15) is 9.59 Å². The average molecular weight is 493 g/mol. The molecule has 1 aliphatic rings. The summed E-state index contributed by atoms with van der Waals surface area (Å²) in [7, 11) is 1.95. The maximum absolute atomic E-state index is 13.3. The van der Waals surface area contributed by atoms with Gasteiger partial charge in [0.15, 0.2) is 5.65 Å². The van der Waals surface area contributed by atoms with Crippen LogP contribution in [0, 0.1) is 12.8 Å². The molecule has 8 heteroatoms. The van der Waals surface area contributed by atoms with Crippen molar-refractivity contribution in [2.24, 2.45) is 13.0 Å². The summed E-state index contributed by atoms with van der Waals surface area (Å²) in [5.41, 5.74) is 6.42. The van der Waals surface area contributed by atoms with Crippen LogP contribution in [-0.2, 0) is 11.8 Å². The fraction of sp³-hybridized carbons (Fsp3) is 0.241. The highest BCUT2D eigenvalue weighted by Gasteiger charge is 2.30. The molecule has 1 aliphatic carbocycles. The van der Waals surface area contributed by atoms with Gasteiger partial charge in [0.25, 0.3) is 5.91 Å². The fourth-order valence-corrected chi connectivity index (χ4v) is 4.64. The Kier molecular flexibility index (Phi) is 5.52. The topological polar surface area (TPSA) is 93.3 Å². The highest BCUT2D eigenvalue weighted by atomic mass is 16.2. The van der Waals surface area contributed by atoms with Crippen LogP contribution in [-0.4, -0.2) is 31.0 Å². The number of aryl methyl sites for hydroxylation is 2. The normalized spacial score (nSPS) is 14.1. The largest absolute Gasteiger partial charge is 0.350 e. The van der Waals surface area contributed by atoms with Gasteiger partial charge in [-0.3, -0.25) is 14.9 Å². The van der Waals surface area contributed by atoms with Crippen molar-refractivity contribution >= 4 is 34.3 Å².